The Kier molecular flexibility index (Phi) is 6.23. The highest BCUT2D eigenvalue weighted by molar-refractivity contribution is 5.75. The molecule has 16 heavy (non-hydrogen) atoms. The van der Waals surface area contributed by atoms with Crippen molar-refractivity contribution in [2.24, 2.45) is 0 Å². The third-order valence-electron chi connectivity index (χ3n) is 2.38. The van der Waals surface area contributed by atoms with Crippen molar-refractivity contribution in [3.8, 4) is 0 Å². The topological polar surface area (TPSA) is 29.1 Å². The average Bonchev–Trinajstić information content (AvgIpc) is 2.33. The van der Waals surface area contributed by atoms with E-state index in [-0.39, 0.29) is 12.5 Å². The summed E-state index contributed by atoms with van der Waals surface area (Å²) in [7, 11) is 0. The normalized spacial score (nSPS) is 10.1. The predicted molar refractivity (Wildman–Crippen MR) is 63.0 cm³/mol. The number of hydrogen-bond donors (Lipinski definition) is 1. The number of unbranched alkanes of at least 4 members (excludes halogenated alkanes) is 1. The van der Waals surface area contributed by atoms with Gasteiger partial charge in [-0.05, 0) is 24.8 Å². The fourth-order valence-corrected chi connectivity index (χ4v) is 1.53. The number of alkyl halides is 1. The second-order valence-electron chi connectivity index (χ2n) is 3.73. The molecule has 0 spiro atoms. The molecular weight excluding hydrogens is 204 g/mol. The van der Waals surface area contributed by atoms with Gasteiger partial charge in [0.25, 0.3) is 0 Å². The number of aryl methyl sites for hydroxylation is 1. The van der Waals surface area contributed by atoms with Crippen LogP contribution in [0, 0.1) is 0 Å². The van der Waals surface area contributed by atoms with Gasteiger partial charge in [-0.1, -0.05) is 30.3 Å². The summed E-state index contributed by atoms with van der Waals surface area (Å²) in [6.45, 7) is -0.354. The molecular formula is C13H18FNO. The van der Waals surface area contributed by atoms with Crippen molar-refractivity contribution in [2.45, 2.75) is 25.7 Å². The third-order valence-corrected chi connectivity index (χ3v) is 2.38. The smallest absolute Gasteiger partial charge is 0.220 e. The molecule has 0 aliphatic carbocycles. The lowest BCUT2D eigenvalue weighted by Crippen LogP contribution is -2.24. The van der Waals surface area contributed by atoms with Crippen LogP contribution in [0.3, 0.4) is 0 Å². The molecule has 0 atom stereocenters. The zero-order valence-electron chi connectivity index (χ0n) is 9.42. The summed E-state index contributed by atoms with van der Waals surface area (Å²) in [6.07, 6.45) is 3.34. The van der Waals surface area contributed by atoms with Crippen LogP contribution in [0.1, 0.15) is 24.8 Å². The average molecular weight is 222 g/mol. The van der Waals surface area contributed by atoms with Gasteiger partial charge in [0.2, 0.25) is 5.91 Å². The van der Waals surface area contributed by atoms with Crippen molar-refractivity contribution in [2.75, 3.05) is 13.2 Å². The first-order chi connectivity index (χ1) is 7.83. The fraction of sp³-hybridized carbons (Fsp3) is 0.462. The molecule has 1 aromatic carbocycles. The molecule has 0 bridgehead atoms. The largest absolute Gasteiger partial charge is 0.353 e. The van der Waals surface area contributed by atoms with Crippen molar-refractivity contribution in [3.63, 3.8) is 0 Å². The van der Waals surface area contributed by atoms with E-state index in [0.29, 0.717) is 6.42 Å². The van der Waals surface area contributed by atoms with Crippen LogP contribution in [0.4, 0.5) is 4.39 Å². The minimum absolute atomic E-state index is 0.0503. The molecule has 3 heteroatoms. The SMILES string of the molecule is O=C(CCCCc1ccccc1)NCC[18F]. The summed E-state index contributed by atoms with van der Waals surface area (Å²) in [5.41, 5.74) is 1.30. The van der Waals surface area contributed by atoms with Crippen LogP contribution in [0.25, 0.3) is 0 Å². The number of hydrogen-bond acceptors (Lipinski definition) is 1. The highest BCUT2D eigenvalue weighted by Crippen LogP contribution is 2.05. The van der Waals surface area contributed by atoms with E-state index in [1.54, 1.807) is 0 Å². The molecule has 0 unspecified atom stereocenters. The first-order valence-electron chi connectivity index (χ1n) is 5.69. The van der Waals surface area contributed by atoms with E-state index in [2.05, 4.69) is 17.4 Å². The summed E-state index contributed by atoms with van der Waals surface area (Å²) in [6, 6.07) is 10.2. The van der Waals surface area contributed by atoms with Gasteiger partial charge in [0.1, 0.15) is 6.67 Å². The van der Waals surface area contributed by atoms with E-state index < -0.39 is 6.67 Å². The second-order valence-corrected chi connectivity index (χ2v) is 3.73. The molecule has 88 valence electrons. The van der Waals surface area contributed by atoms with Gasteiger partial charge in [-0.25, -0.2) is 4.39 Å². The standard InChI is InChI=1S/C13H18FNO/c14-10-11-15-13(16)9-5-4-8-12-6-2-1-3-7-12/h1-3,6-7H,4-5,8-11H2,(H,15,16)/i14-1. The molecule has 1 N–H and O–H groups in total. The highest BCUT2D eigenvalue weighted by Gasteiger charge is 2.00. The number of benzene rings is 1. The van der Waals surface area contributed by atoms with E-state index in [9.17, 15) is 9.18 Å². The molecule has 1 aromatic rings. The van der Waals surface area contributed by atoms with Gasteiger partial charge in [0.15, 0.2) is 0 Å². The molecule has 0 saturated heterocycles. The monoisotopic (exact) mass is 222 g/mol. The van der Waals surface area contributed by atoms with Crippen molar-refractivity contribution in [1.29, 1.82) is 0 Å². The molecule has 0 aromatic heterocycles. The van der Waals surface area contributed by atoms with Gasteiger partial charge in [-0.3, -0.25) is 4.79 Å². The van der Waals surface area contributed by atoms with Crippen LogP contribution in [-0.4, -0.2) is 19.1 Å². The van der Waals surface area contributed by atoms with Gasteiger partial charge in [-0.2, -0.15) is 0 Å². The van der Waals surface area contributed by atoms with Crippen molar-refractivity contribution < 1.29 is 9.18 Å². The Hall–Kier alpha value is -1.38. The number of halogens is 1. The highest BCUT2D eigenvalue weighted by atomic mass is 18.2. The van der Waals surface area contributed by atoms with E-state index in [0.717, 1.165) is 19.3 Å². The van der Waals surface area contributed by atoms with E-state index >= 15 is 0 Å². The summed E-state index contributed by atoms with van der Waals surface area (Å²) in [5.74, 6) is -0.0503. The van der Waals surface area contributed by atoms with Crippen LogP contribution in [0.2, 0.25) is 0 Å². The predicted octanol–water partition coefficient (Wildman–Crippen LogP) is 2.49. The quantitative estimate of drug-likeness (QED) is 0.705. The van der Waals surface area contributed by atoms with Crippen LogP contribution < -0.4 is 5.32 Å². The molecule has 0 heterocycles. The zero-order valence-corrected chi connectivity index (χ0v) is 9.42. The van der Waals surface area contributed by atoms with Crippen LogP contribution in [0.15, 0.2) is 30.3 Å². The Morgan fingerprint density at radius 2 is 1.94 bits per heavy atom. The first kappa shape index (κ1) is 12.7. The van der Waals surface area contributed by atoms with Gasteiger partial charge in [0.05, 0.1) is 0 Å². The molecule has 0 aliphatic rings. The van der Waals surface area contributed by atoms with Gasteiger partial charge in [0, 0.05) is 13.0 Å². The van der Waals surface area contributed by atoms with Crippen molar-refractivity contribution >= 4 is 5.91 Å². The molecule has 0 fully saturated rings. The fourth-order valence-electron chi connectivity index (χ4n) is 1.53. The Morgan fingerprint density at radius 3 is 2.62 bits per heavy atom. The molecule has 1 amide bonds. The second kappa shape index (κ2) is 7.85. The third kappa shape index (κ3) is 5.49. The van der Waals surface area contributed by atoms with Crippen molar-refractivity contribution in [3.05, 3.63) is 35.9 Å². The van der Waals surface area contributed by atoms with Crippen molar-refractivity contribution in [1.82, 2.24) is 5.32 Å². The number of carbonyl (C=O) groups excluding carboxylic acids is 1. The number of amides is 1. The van der Waals surface area contributed by atoms with Gasteiger partial charge < -0.3 is 5.32 Å². The number of rotatable bonds is 7. The summed E-state index contributed by atoms with van der Waals surface area (Å²) in [5, 5.41) is 2.52. The summed E-state index contributed by atoms with van der Waals surface area (Å²) >= 11 is 0. The lowest BCUT2D eigenvalue weighted by Gasteiger charge is -2.03. The molecule has 0 radical (unpaired) electrons. The lowest BCUT2D eigenvalue weighted by molar-refractivity contribution is -0.121. The maximum atomic E-state index is 11.7. The minimum atomic E-state index is -0.490. The lowest BCUT2D eigenvalue weighted by atomic mass is 10.1. The minimum Gasteiger partial charge on any atom is -0.353 e. The van der Waals surface area contributed by atoms with Crippen LogP contribution in [-0.2, 0) is 11.2 Å². The first-order valence-corrected chi connectivity index (χ1v) is 5.69. The number of carbonyl (C=O) groups is 1. The Balaban J connectivity index is 2.06. The van der Waals surface area contributed by atoms with E-state index in [4.69, 9.17) is 0 Å². The van der Waals surface area contributed by atoms with E-state index in [1.165, 1.54) is 5.56 Å². The Morgan fingerprint density at radius 1 is 1.19 bits per heavy atom. The molecule has 1 rings (SSSR count). The van der Waals surface area contributed by atoms with Crippen LogP contribution in [0.5, 0.6) is 0 Å². The summed E-state index contributed by atoms with van der Waals surface area (Å²) in [4.78, 5) is 11.1. The molecule has 0 saturated carbocycles. The molecule has 0 aliphatic heterocycles. The zero-order chi connectivity index (χ0) is 11.6. The van der Waals surface area contributed by atoms with Crippen LogP contribution >= 0.6 is 0 Å². The molecule has 2 nitrogen and oxygen atoms in total. The Bertz CT molecular complexity index is 300. The van der Waals surface area contributed by atoms with Gasteiger partial charge >= 0.3 is 0 Å². The maximum absolute atomic E-state index is 11.7. The Labute approximate surface area is 95.9 Å². The summed E-state index contributed by atoms with van der Waals surface area (Å²) < 4.78 is 11.7. The maximum Gasteiger partial charge on any atom is 0.220 e. The van der Waals surface area contributed by atoms with Gasteiger partial charge in [-0.15, -0.1) is 0 Å². The van der Waals surface area contributed by atoms with E-state index in [1.807, 2.05) is 18.2 Å². The number of nitrogens with one attached hydrogen (secondary N) is 1.